The highest BCUT2D eigenvalue weighted by atomic mass is 35.5. The molecule has 10 nitrogen and oxygen atoms in total. The van der Waals surface area contributed by atoms with Crippen molar-refractivity contribution in [3.63, 3.8) is 0 Å². The zero-order valence-electron chi connectivity index (χ0n) is 23.3. The number of carboxylic acids is 1. The quantitative estimate of drug-likeness (QED) is 0.230. The van der Waals surface area contributed by atoms with Crippen LogP contribution in [0.3, 0.4) is 0 Å². The summed E-state index contributed by atoms with van der Waals surface area (Å²) in [6.07, 6.45) is 3.70. The number of sulfonamides is 1. The Morgan fingerprint density at radius 2 is 1.82 bits per heavy atom. The van der Waals surface area contributed by atoms with Crippen LogP contribution in [-0.4, -0.2) is 60.7 Å². The minimum Gasteiger partial charge on any atom is -0.489 e. The van der Waals surface area contributed by atoms with Gasteiger partial charge >= 0.3 is 18.6 Å². The van der Waals surface area contributed by atoms with Gasteiger partial charge in [-0.15, -0.1) is 11.8 Å². The summed E-state index contributed by atoms with van der Waals surface area (Å²) >= 11 is 13.8. The van der Waals surface area contributed by atoms with Gasteiger partial charge in [-0.2, -0.15) is 13.1 Å². The predicted molar refractivity (Wildman–Crippen MR) is 160 cm³/mol. The third-order valence-electron chi connectivity index (χ3n) is 7.11. The summed E-state index contributed by atoms with van der Waals surface area (Å²) in [7, 11) is -4.30. The van der Waals surface area contributed by atoms with Crippen LogP contribution >= 0.6 is 35.0 Å². The van der Waals surface area contributed by atoms with E-state index in [2.05, 4.69) is 9.72 Å². The number of hydrogen-bond donors (Lipinski definition) is 1. The molecule has 0 radical (unpaired) electrons. The minimum absolute atomic E-state index is 0.0251. The van der Waals surface area contributed by atoms with Crippen LogP contribution < -0.4 is 14.5 Å². The molecule has 2 N–H and O–H groups in total. The lowest BCUT2D eigenvalue weighted by molar-refractivity contribution is -0.377. The van der Waals surface area contributed by atoms with Crippen molar-refractivity contribution < 1.29 is 51.1 Å². The summed E-state index contributed by atoms with van der Waals surface area (Å²) in [4.78, 5) is 27.6. The molecule has 1 saturated carbocycles. The lowest BCUT2D eigenvalue weighted by Crippen LogP contribution is -2.40. The highest BCUT2D eigenvalue weighted by Gasteiger charge is 2.42. The van der Waals surface area contributed by atoms with Gasteiger partial charge < -0.3 is 19.3 Å². The third-order valence-corrected chi connectivity index (χ3v) is 11.0. The van der Waals surface area contributed by atoms with Crippen molar-refractivity contribution in [2.45, 2.75) is 42.2 Å². The van der Waals surface area contributed by atoms with Gasteiger partial charge in [0, 0.05) is 24.3 Å². The van der Waals surface area contributed by atoms with Gasteiger partial charge in [0.1, 0.15) is 16.1 Å². The monoisotopic (exact) mass is 703 g/mol. The van der Waals surface area contributed by atoms with E-state index in [1.54, 1.807) is 0 Å². The topological polar surface area (TPSA) is 134 Å². The number of thioether (sulfide) groups is 1. The van der Waals surface area contributed by atoms with Crippen molar-refractivity contribution in [2.24, 2.45) is 5.92 Å². The zero-order chi connectivity index (χ0) is 32.3. The number of benzene rings is 2. The minimum atomic E-state index is -4.30. The number of nitrogens with zero attached hydrogens (tertiary/aromatic N) is 1. The van der Waals surface area contributed by atoms with Crippen LogP contribution in [0.25, 0.3) is 0 Å². The molecule has 2 aliphatic rings. The first-order valence-corrected chi connectivity index (χ1v) is 16.9. The van der Waals surface area contributed by atoms with Gasteiger partial charge in [0.15, 0.2) is 29.3 Å². The maximum absolute atomic E-state index is 13.7. The number of hydrogen-bond acceptors (Lipinski definition) is 8. The van der Waals surface area contributed by atoms with Crippen LogP contribution in [0.2, 0.25) is 10.0 Å². The molecule has 2 aromatic carbocycles. The fourth-order valence-electron chi connectivity index (χ4n) is 4.62. The van der Waals surface area contributed by atoms with Gasteiger partial charge in [-0.1, -0.05) is 35.3 Å². The van der Waals surface area contributed by atoms with Gasteiger partial charge in [0.25, 0.3) is 0 Å². The number of carboxylic acid groups (broad SMARTS) is 1. The Labute approximate surface area is 271 Å². The maximum Gasteiger partial charge on any atom is 0.387 e. The second kappa shape index (κ2) is 14.1. The molecule has 0 amide bonds. The Balaban J connectivity index is 1.46. The number of esters is 1. The standard InChI is InChI=1S/C29H26Cl2F2N2O8S2/c30-21-13-34-14-22(31)20(21)12-24(17-6-7-23(43-29(32)33)25(11-17)41-15-16-4-5-16)42-28(38)26-35(8-9-44-26)45(39,40)19-3-1-2-18(10-19)27(36)37/h1-3,6-7,10-11,13-14,16,24,26,29H,4-5,8-9,12,15H2,(H,36,37)/p+1/t24-,26-/m0/s1. The van der Waals surface area contributed by atoms with Gasteiger partial charge in [-0.05, 0) is 54.7 Å². The number of halogens is 4. The van der Waals surface area contributed by atoms with Crippen molar-refractivity contribution in [2.75, 3.05) is 18.9 Å². The summed E-state index contributed by atoms with van der Waals surface area (Å²) in [6, 6.07) is 8.98. The number of aromatic nitrogens is 1. The van der Waals surface area contributed by atoms with Gasteiger partial charge in [-0.3, -0.25) is 0 Å². The van der Waals surface area contributed by atoms with Crippen molar-refractivity contribution in [1.29, 1.82) is 0 Å². The largest absolute Gasteiger partial charge is 0.489 e. The Morgan fingerprint density at radius 3 is 2.49 bits per heavy atom. The van der Waals surface area contributed by atoms with Crippen molar-refractivity contribution >= 4 is 56.9 Å². The molecular formula is C29H27Cl2F2N2O8S2+. The van der Waals surface area contributed by atoms with Crippen LogP contribution in [0, 0.1) is 5.92 Å². The van der Waals surface area contributed by atoms with Gasteiger partial charge in [0.2, 0.25) is 10.0 Å². The molecule has 45 heavy (non-hydrogen) atoms. The molecule has 1 aromatic heterocycles. The molecule has 2 heterocycles. The number of rotatable bonds is 13. The lowest BCUT2D eigenvalue weighted by Gasteiger charge is -2.26. The number of carbonyl (C=O) groups excluding carboxylic acids is 1. The molecular weight excluding hydrogens is 677 g/mol. The van der Waals surface area contributed by atoms with Crippen molar-refractivity contribution in [3.8, 4) is 11.5 Å². The molecule has 16 heteroatoms. The van der Waals surface area contributed by atoms with Gasteiger partial charge in [0.05, 0.1) is 17.1 Å². The number of carbonyl (C=O) groups is 2. The summed E-state index contributed by atoms with van der Waals surface area (Å²) in [5.41, 5.74) is 0.523. The summed E-state index contributed by atoms with van der Waals surface area (Å²) in [5.74, 6) is -1.81. The second-order valence-corrected chi connectivity index (χ2v) is 14.2. The van der Waals surface area contributed by atoms with E-state index in [1.165, 1.54) is 48.8 Å². The lowest BCUT2D eigenvalue weighted by atomic mass is 10.0. The fraction of sp³-hybridized carbons (Fsp3) is 0.345. The highest BCUT2D eigenvalue weighted by molar-refractivity contribution is 8.02. The van der Waals surface area contributed by atoms with E-state index in [1.807, 2.05) is 0 Å². The van der Waals surface area contributed by atoms with E-state index in [4.69, 9.17) is 32.7 Å². The first-order valence-electron chi connectivity index (χ1n) is 13.7. The Bertz CT molecular complexity index is 1670. The van der Waals surface area contributed by atoms with Crippen LogP contribution in [-0.2, 0) is 26.0 Å². The molecule has 5 rings (SSSR count). The zero-order valence-corrected chi connectivity index (χ0v) is 26.5. The van der Waals surface area contributed by atoms with Crippen LogP contribution in [0.1, 0.15) is 40.4 Å². The molecule has 2 fully saturated rings. The van der Waals surface area contributed by atoms with E-state index < -0.39 is 40.1 Å². The Kier molecular flexibility index (Phi) is 10.4. The van der Waals surface area contributed by atoms with E-state index in [0.29, 0.717) is 17.0 Å². The number of H-pyrrole nitrogens is 1. The molecule has 3 aromatic rings. The number of pyridine rings is 1. The SMILES string of the molecule is O=C(O)c1cccc(S(=O)(=O)N2CCS[C@H]2C(=O)O[C@@H](Cc2c(Cl)c[nH+]cc2Cl)c2ccc(OC(F)F)c(OCC3CC3)c2)c1. The van der Waals surface area contributed by atoms with E-state index in [-0.39, 0.29) is 57.3 Å². The van der Waals surface area contributed by atoms with E-state index in [0.717, 1.165) is 35.0 Å². The third kappa shape index (κ3) is 7.98. The first kappa shape index (κ1) is 33.2. The number of ether oxygens (including phenoxy) is 3. The maximum atomic E-state index is 13.7. The number of aromatic amines is 1. The second-order valence-electron chi connectivity index (χ2n) is 10.3. The first-order chi connectivity index (χ1) is 21.4. The average Bonchev–Trinajstić information content (AvgIpc) is 3.69. The average molecular weight is 705 g/mol. The fourth-order valence-corrected chi connectivity index (χ4v) is 8.24. The Morgan fingerprint density at radius 1 is 1.09 bits per heavy atom. The van der Waals surface area contributed by atoms with Gasteiger partial charge in [-0.25, -0.2) is 23.0 Å². The Hall–Kier alpha value is -3.17. The number of aromatic carboxylic acids is 1. The highest BCUT2D eigenvalue weighted by Crippen LogP contribution is 2.39. The molecule has 0 unspecified atom stereocenters. The van der Waals surface area contributed by atoms with Crippen LogP contribution in [0.5, 0.6) is 11.5 Å². The van der Waals surface area contributed by atoms with E-state index in [9.17, 15) is 31.9 Å². The van der Waals surface area contributed by atoms with Crippen LogP contribution in [0.4, 0.5) is 8.78 Å². The van der Waals surface area contributed by atoms with Crippen molar-refractivity contribution in [1.82, 2.24) is 4.31 Å². The normalized spacial score (nSPS) is 17.7. The summed E-state index contributed by atoms with van der Waals surface area (Å²) in [6.45, 7) is -2.84. The van der Waals surface area contributed by atoms with E-state index >= 15 is 0 Å². The molecule has 1 aliphatic heterocycles. The molecule has 0 spiro atoms. The number of nitrogens with one attached hydrogen (secondary N) is 1. The molecule has 2 atom stereocenters. The van der Waals surface area contributed by atoms with Crippen molar-refractivity contribution in [3.05, 3.63) is 81.6 Å². The smallest absolute Gasteiger partial charge is 0.387 e. The molecule has 1 saturated heterocycles. The predicted octanol–water partition coefficient (Wildman–Crippen LogP) is 5.49. The molecule has 240 valence electrons. The summed E-state index contributed by atoms with van der Waals surface area (Å²) < 4.78 is 70.7. The molecule has 0 bridgehead atoms. The van der Waals surface area contributed by atoms with Crippen LogP contribution in [0.15, 0.2) is 59.8 Å². The summed E-state index contributed by atoms with van der Waals surface area (Å²) in [5, 5.41) is 8.51. The number of alkyl halides is 2. The molecule has 1 aliphatic carbocycles.